The lowest BCUT2D eigenvalue weighted by Crippen LogP contribution is -2.04. The maximum absolute atomic E-state index is 12.1. The fraction of sp³-hybridized carbons (Fsp3) is 0.0667. The Morgan fingerprint density at radius 1 is 1.33 bits per heavy atom. The van der Waals surface area contributed by atoms with Crippen LogP contribution < -0.4 is 5.32 Å². The van der Waals surface area contributed by atoms with Crippen molar-refractivity contribution < 1.29 is 14.7 Å². The van der Waals surface area contributed by atoms with Crippen LogP contribution in [0, 0.1) is 6.92 Å². The Kier molecular flexibility index (Phi) is 3.17. The first-order valence-electron chi connectivity index (χ1n) is 6.21. The number of fused-ring (bicyclic) bond motifs is 1. The lowest BCUT2D eigenvalue weighted by Gasteiger charge is -1.99. The van der Waals surface area contributed by atoms with Crippen molar-refractivity contribution in [3.05, 3.63) is 51.3 Å². The van der Waals surface area contributed by atoms with Gasteiger partial charge in [-0.2, -0.15) is 0 Å². The van der Waals surface area contributed by atoms with Crippen LogP contribution in [0.2, 0.25) is 0 Å². The molecule has 1 aromatic heterocycles. The maximum atomic E-state index is 12.1. The van der Waals surface area contributed by atoms with Gasteiger partial charge in [-0.1, -0.05) is 15.9 Å². The van der Waals surface area contributed by atoms with Crippen LogP contribution in [0.4, 0.5) is 5.69 Å². The number of hydrogen-bond acceptors (Lipinski definition) is 2. The van der Waals surface area contributed by atoms with Gasteiger partial charge in [0.2, 0.25) is 0 Å². The SMILES string of the molecule is Cc1cc(C(=O)O)c(/C=C2\C(=O)Nc3ccc(Br)cc32)[nH]1. The predicted octanol–water partition coefficient (Wildman–Crippen LogP) is 3.28. The molecule has 3 rings (SSSR count). The molecule has 106 valence electrons. The summed E-state index contributed by atoms with van der Waals surface area (Å²) in [5, 5.41) is 12.0. The Morgan fingerprint density at radius 2 is 2.10 bits per heavy atom. The van der Waals surface area contributed by atoms with Crippen LogP contribution in [0.25, 0.3) is 11.6 Å². The number of hydrogen-bond donors (Lipinski definition) is 3. The van der Waals surface area contributed by atoms with Crippen molar-refractivity contribution in [1.82, 2.24) is 4.98 Å². The second-order valence-electron chi connectivity index (χ2n) is 4.79. The average molecular weight is 347 g/mol. The van der Waals surface area contributed by atoms with E-state index in [9.17, 15) is 14.7 Å². The molecular formula is C15H11BrN2O3. The Hall–Kier alpha value is -2.34. The topological polar surface area (TPSA) is 82.2 Å². The molecular weight excluding hydrogens is 336 g/mol. The molecule has 6 heteroatoms. The van der Waals surface area contributed by atoms with Crippen LogP contribution in [-0.2, 0) is 4.79 Å². The van der Waals surface area contributed by atoms with Crippen molar-refractivity contribution in [2.45, 2.75) is 6.92 Å². The highest BCUT2D eigenvalue weighted by Gasteiger charge is 2.25. The predicted molar refractivity (Wildman–Crippen MR) is 83.1 cm³/mol. The number of aromatic amines is 1. The summed E-state index contributed by atoms with van der Waals surface area (Å²) in [5.41, 5.74) is 3.20. The van der Waals surface area contributed by atoms with E-state index in [-0.39, 0.29) is 11.5 Å². The number of H-pyrrole nitrogens is 1. The Morgan fingerprint density at radius 3 is 2.81 bits per heavy atom. The Labute approximate surface area is 128 Å². The number of anilines is 1. The van der Waals surface area contributed by atoms with E-state index in [0.717, 1.165) is 21.4 Å². The van der Waals surface area contributed by atoms with E-state index in [4.69, 9.17) is 0 Å². The van der Waals surface area contributed by atoms with E-state index in [1.54, 1.807) is 25.1 Å². The van der Waals surface area contributed by atoms with Gasteiger partial charge in [0.1, 0.15) is 0 Å². The summed E-state index contributed by atoms with van der Waals surface area (Å²) in [6, 6.07) is 7.01. The summed E-state index contributed by atoms with van der Waals surface area (Å²) in [4.78, 5) is 26.3. The van der Waals surface area contributed by atoms with E-state index >= 15 is 0 Å². The monoisotopic (exact) mass is 346 g/mol. The van der Waals surface area contributed by atoms with Gasteiger partial charge >= 0.3 is 5.97 Å². The molecule has 3 N–H and O–H groups in total. The largest absolute Gasteiger partial charge is 0.478 e. The minimum absolute atomic E-state index is 0.149. The number of benzene rings is 1. The van der Waals surface area contributed by atoms with Crippen molar-refractivity contribution in [2.75, 3.05) is 5.32 Å². The molecule has 2 heterocycles. The Bertz CT molecular complexity index is 805. The molecule has 21 heavy (non-hydrogen) atoms. The number of carboxylic acid groups (broad SMARTS) is 1. The van der Waals surface area contributed by atoms with Gasteiger partial charge in [0, 0.05) is 21.4 Å². The minimum Gasteiger partial charge on any atom is -0.478 e. The molecule has 0 bridgehead atoms. The number of carboxylic acids is 1. The van der Waals surface area contributed by atoms with Crippen LogP contribution >= 0.6 is 15.9 Å². The molecule has 0 aliphatic carbocycles. The molecule has 1 aliphatic heterocycles. The molecule has 1 aromatic carbocycles. The van der Waals surface area contributed by atoms with Crippen LogP contribution in [0.5, 0.6) is 0 Å². The summed E-state index contributed by atoms with van der Waals surface area (Å²) in [5.74, 6) is -1.27. The number of carbonyl (C=O) groups excluding carboxylic acids is 1. The van der Waals surface area contributed by atoms with Gasteiger partial charge in [-0.3, -0.25) is 4.79 Å². The molecule has 0 atom stereocenters. The number of halogens is 1. The average Bonchev–Trinajstić information content (AvgIpc) is 2.92. The molecule has 1 aliphatic rings. The summed E-state index contributed by atoms with van der Waals surface area (Å²) >= 11 is 3.37. The second kappa shape index (κ2) is 4.89. The lowest BCUT2D eigenvalue weighted by molar-refractivity contribution is -0.110. The second-order valence-corrected chi connectivity index (χ2v) is 5.70. The first-order chi connectivity index (χ1) is 9.95. The van der Waals surface area contributed by atoms with E-state index in [0.29, 0.717) is 11.3 Å². The highest BCUT2D eigenvalue weighted by atomic mass is 79.9. The summed E-state index contributed by atoms with van der Waals surface area (Å²) in [7, 11) is 0. The van der Waals surface area contributed by atoms with Crippen molar-refractivity contribution in [3.8, 4) is 0 Å². The minimum atomic E-state index is -1.03. The molecule has 0 saturated carbocycles. The number of aryl methyl sites for hydroxylation is 1. The zero-order chi connectivity index (χ0) is 15.1. The molecule has 0 fully saturated rings. The first kappa shape index (κ1) is 13.6. The number of aromatic carboxylic acids is 1. The molecule has 2 aromatic rings. The van der Waals surface area contributed by atoms with Crippen LogP contribution in [0.15, 0.2) is 28.7 Å². The number of nitrogens with one attached hydrogen (secondary N) is 2. The first-order valence-corrected chi connectivity index (χ1v) is 7.01. The standard InChI is InChI=1S/C15H11BrN2O3/c1-7-4-11(15(20)21)13(17-7)6-10-9-5-8(16)2-3-12(9)18-14(10)19/h2-6,17H,1H3,(H,18,19)(H,20,21)/b10-6-. The number of rotatable bonds is 2. The third kappa shape index (κ3) is 2.38. The quantitative estimate of drug-likeness (QED) is 0.729. The molecule has 0 unspecified atom stereocenters. The molecule has 1 amide bonds. The van der Waals surface area contributed by atoms with Crippen molar-refractivity contribution >= 4 is 45.1 Å². The van der Waals surface area contributed by atoms with E-state index in [1.807, 2.05) is 12.1 Å². The molecule has 5 nitrogen and oxygen atoms in total. The van der Waals surface area contributed by atoms with Gasteiger partial charge in [0.25, 0.3) is 5.91 Å². The number of aromatic nitrogens is 1. The van der Waals surface area contributed by atoms with Crippen LogP contribution in [0.1, 0.15) is 27.3 Å². The van der Waals surface area contributed by atoms with Crippen molar-refractivity contribution in [3.63, 3.8) is 0 Å². The van der Waals surface area contributed by atoms with Crippen molar-refractivity contribution in [2.24, 2.45) is 0 Å². The third-order valence-electron chi connectivity index (χ3n) is 3.27. The van der Waals surface area contributed by atoms with Crippen molar-refractivity contribution in [1.29, 1.82) is 0 Å². The molecule has 0 spiro atoms. The fourth-order valence-electron chi connectivity index (χ4n) is 2.35. The number of carbonyl (C=O) groups is 2. The lowest BCUT2D eigenvalue weighted by atomic mass is 10.1. The van der Waals surface area contributed by atoms with Gasteiger partial charge in [-0.15, -0.1) is 0 Å². The normalized spacial score (nSPS) is 15.1. The summed E-state index contributed by atoms with van der Waals surface area (Å²) in [6.45, 7) is 1.77. The highest BCUT2D eigenvalue weighted by Crippen LogP contribution is 2.35. The van der Waals surface area contributed by atoms with E-state index < -0.39 is 5.97 Å². The number of amides is 1. The molecule has 0 radical (unpaired) electrons. The van der Waals surface area contributed by atoms with Gasteiger partial charge < -0.3 is 15.4 Å². The van der Waals surface area contributed by atoms with Crippen LogP contribution in [0.3, 0.4) is 0 Å². The van der Waals surface area contributed by atoms with E-state index in [2.05, 4.69) is 26.2 Å². The smallest absolute Gasteiger partial charge is 0.337 e. The van der Waals surface area contributed by atoms with E-state index in [1.165, 1.54) is 0 Å². The Balaban J connectivity index is 2.15. The highest BCUT2D eigenvalue weighted by molar-refractivity contribution is 9.10. The van der Waals surface area contributed by atoms with Gasteiger partial charge in [-0.25, -0.2) is 4.79 Å². The summed E-state index contributed by atoms with van der Waals surface area (Å²) < 4.78 is 0.852. The van der Waals surface area contributed by atoms with Crippen LogP contribution in [-0.4, -0.2) is 22.0 Å². The maximum Gasteiger partial charge on any atom is 0.337 e. The fourth-order valence-corrected chi connectivity index (χ4v) is 2.71. The third-order valence-corrected chi connectivity index (χ3v) is 3.76. The summed E-state index contributed by atoms with van der Waals surface area (Å²) in [6.07, 6.45) is 1.57. The zero-order valence-electron chi connectivity index (χ0n) is 11.0. The molecule has 0 saturated heterocycles. The van der Waals surface area contributed by atoms with Gasteiger partial charge in [0.15, 0.2) is 0 Å². The zero-order valence-corrected chi connectivity index (χ0v) is 12.6. The van der Waals surface area contributed by atoms with Gasteiger partial charge in [0.05, 0.1) is 16.8 Å². The van der Waals surface area contributed by atoms with Gasteiger partial charge in [-0.05, 0) is 37.3 Å².